The van der Waals surface area contributed by atoms with E-state index in [2.05, 4.69) is 26.5 Å². The predicted molar refractivity (Wildman–Crippen MR) is 145 cm³/mol. The smallest absolute Gasteiger partial charge is 0.271 e. The van der Waals surface area contributed by atoms with Crippen molar-refractivity contribution in [2.75, 3.05) is 19.8 Å². The average molecular weight is 555 g/mol. The summed E-state index contributed by atoms with van der Waals surface area (Å²) in [6.45, 7) is 7.78. The molecule has 0 aliphatic carbocycles. The molecule has 3 aromatic rings. The molecule has 0 aliphatic rings. The van der Waals surface area contributed by atoms with Crippen LogP contribution in [0.25, 0.3) is 0 Å². The van der Waals surface area contributed by atoms with Crippen molar-refractivity contribution in [2.45, 2.75) is 33.8 Å². The van der Waals surface area contributed by atoms with E-state index >= 15 is 0 Å². The largest absolute Gasteiger partial charge is 0.490 e. The van der Waals surface area contributed by atoms with Gasteiger partial charge >= 0.3 is 0 Å². The summed E-state index contributed by atoms with van der Waals surface area (Å²) in [5.41, 5.74) is 4.78. The summed E-state index contributed by atoms with van der Waals surface area (Å²) in [5, 5.41) is 4.10. The van der Waals surface area contributed by atoms with Crippen molar-refractivity contribution in [1.29, 1.82) is 0 Å². The van der Waals surface area contributed by atoms with Gasteiger partial charge in [0.15, 0.2) is 23.0 Å². The van der Waals surface area contributed by atoms with Crippen molar-refractivity contribution >= 4 is 28.1 Å². The highest BCUT2D eigenvalue weighted by atomic mass is 79.9. The van der Waals surface area contributed by atoms with Crippen molar-refractivity contribution < 1.29 is 23.7 Å². The summed E-state index contributed by atoms with van der Waals surface area (Å²) in [6.07, 6.45) is 2.44. The van der Waals surface area contributed by atoms with E-state index in [9.17, 15) is 4.79 Å². The molecule has 0 spiro atoms. The maximum atomic E-state index is 12.6. The summed E-state index contributed by atoms with van der Waals surface area (Å²) >= 11 is 3.43. The molecule has 0 aliphatic heterocycles. The molecule has 0 saturated carbocycles. The monoisotopic (exact) mass is 554 g/mol. The van der Waals surface area contributed by atoms with Crippen LogP contribution in [-0.4, -0.2) is 31.9 Å². The van der Waals surface area contributed by atoms with Crippen LogP contribution in [0.15, 0.2) is 70.2 Å². The van der Waals surface area contributed by atoms with E-state index in [0.717, 1.165) is 22.0 Å². The molecule has 0 atom stereocenters. The molecule has 36 heavy (non-hydrogen) atoms. The first-order chi connectivity index (χ1) is 17.5. The molecule has 0 aromatic heterocycles. The Bertz CT molecular complexity index is 1170. The molecule has 0 heterocycles. The number of carbonyl (C=O) groups is 1. The van der Waals surface area contributed by atoms with Crippen LogP contribution in [0.5, 0.6) is 23.0 Å². The van der Waals surface area contributed by atoms with Gasteiger partial charge in [-0.15, -0.1) is 0 Å². The molecule has 1 N–H and O–H groups in total. The molecule has 0 radical (unpaired) electrons. The topological polar surface area (TPSA) is 78.4 Å². The normalized spacial score (nSPS) is 10.8. The first kappa shape index (κ1) is 27.1. The van der Waals surface area contributed by atoms with Gasteiger partial charge in [-0.05, 0) is 79.9 Å². The second kappa shape index (κ2) is 14.1. The fraction of sp³-hybridized carbons (Fsp3) is 0.286. The maximum Gasteiger partial charge on any atom is 0.271 e. The summed E-state index contributed by atoms with van der Waals surface area (Å²) in [5.74, 6) is 2.03. The molecule has 0 saturated heterocycles. The zero-order valence-corrected chi connectivity index (χ0v) is 22.3. The Morgan fingerprint density at radius 3 is 2.19 bits per heavy atom. The third-order valence-electron chi connectivity index (χ3n) is 4.92. The predicted octanol–water partition coefficient (Wildman–Crippen LogP) is 6.38. The molecule has 3 rings (SSSR count). The molecule has 8 heteroatoms. The molecular formula is C28H31BrN2O5. The summed E-state index contributed by atoms with van der Waals surface area (Å²) in [4.78, 5) is 12.6. The van der Waals surface area contributed by atoms with Gasteiger partial charge in [0, 0.05) is 10.0 Å². The number of carbonyl (C=O) groups excluding carboxylic acids is 1. The molecule has 7 nitrogen and oxygen atoms in total. The van der Waals surface area contributed by atoms with Gasteiger partial charge < -0.3 is 18.9 Å². The second-order valence-corrected chi connectivity index (χ2v) is 8.61. The Morgan fingerprint density at radius 1 is 0.833 bits per heavy atom. The Balaban J connectivity index is 1.65. The summed E-state index contributed by atoms with van der Waals surface area (Å²) in [7, 11) is 0. The minimum Gasteiger partial charge on any atom is -0.490 e. The minimum atomic E-state index is -0.353. The highest BCUT2D eigenvalue weighted by molar-refractivity contribution is 9.10. The van der Waals surface area contributed by atoms with Crippen LogP contribution in [0.4, 0.5) is 0 Å². The van der Waals surface area contributed by atoms with E-state index in [1.54, 1.807) is 24.4 Å². The summed E-state index contributed by atoms with van der Waals surface area (Å²) < 4.78 is 24.0. The van der Waals surface area contributed by atoms with E-state index < -0.39 is 0 Å². The number of hydrazone groups is 1. The number of ether oxygens (including phenoxy) is 4. The zero-order chi connectivity index (χ0) is 25.8. The van der Waals surface area contributed by atoms with Gasteiger partial charge in [0.1, 0.15) is 6.61 Å². The van der Waals surface area contributed by atoms with Crippen molar-refractivity contribution in [2.24, 2.45) is 5.10 Å². The first-order valence-corrected chi connectivity index (χ1v) is 12.7. The van der Waals surface area contributed by atoms with Gasteiger partial charge in [0.2, 0.25) is 0 Å². The second-order valence-electron chi connectivity index (χ2n) is 7.70. The molecule has 190 valence electrons. The highest BCUT2D eigenvalue weighted by Crippen LogP contribution is 2.30. The van der Waals surface area contributed by atoms with E-state index in [-0.39, 0.29) is 5.91 Å². The SMILES string of the molecule is CCCOc1ccc(C(=O)N/N=C/c2ccc(OCc3ccc(Br)cc3)c(OCC)c2)cc1OCC. The van der Waals surface area contributed by atoms with Crippen molar-refractivity contribution in [3.05, 3.63) is 81.8 Å². The van der Waals surface area contributed by atoms with Crippen LogP contribution in [0.2, 0.25) is 0 Å². The van der Waals surface area contributed by atoms with Gasteiger partial charge in [-0.2, -0.15) is 5.10 Å². The lowest BCUT2D eigenvalue weighted by atomic mass is 10.2. The molecule has 0 bridgehead atoms. The van der Waals surface area contributed by atoms with Crippen LogP contribution >= 0.6 is 15.9 Å². The number of hydrogen-bond donors (Lipinski definition) is 1. The van der Waals surface area contributed by atoms with Crippen molar-refractivity contribution in [3.8, 4) is 23.0 Å². The quantitative estimate of drug-likeness (QED) is 0.196. The Morgan fingerprint density at radius 2 is 1.50 bits per heavy atom. The molecule has 1 amide bonds. The lowest BCUT2D eigenvalue weighted by molar-refractivity contribution is 0.0954. The van der Waals surface area contributed by atoms with E-state index in [1.165, 1.54) is 0 Å². The number of hydrogen-bond acceptors (Lipinski definition) is 6. The average Bonchev–Trinajstić information content (AvgIpc) is 2.88. The first-order valence-electron chi connectivity index (χ1n) is 11.9. The standard InChI is InChI=1S/C28H31BrN2O5/c1-4-15-35-24-14-10-22(17-27(24)34-6-3)28(32)31-30-18-21-9-13-25(26(16-21)33-5-2)36-19-20-7-11-23(29)12-8-20/h7-14,16-18H,4-6,15,19H2,1-3H3,(H,31,32)/b30-18+. The molecule has 0 fully saturated rings. The Hall–Kier alpha value is -3.52. The zero-order valence-electron chi connectivity index (χ0n) is 20.8. The van der Waals surface area contributed by atoms with E-state index in [1.807, 2.05) is 63.2 Å². The van der Waals surface area contributed by atoms with E-state index in [0.29, 0.717) is 55.0 Å². The maximum absolute atomic E-state index is 12.6. The molecule has 3 aromatic carbocycles. The van der Waals surface area contributed by atoms with Gasteiger partial charge in [-0.1, -0.05) is 35.0 Å². The van der Waals surface area contributed by atoms with Crippen LogP contribution in [0.1, 0.15) is 48.7 Å². The number of nitrogens with zero attached hydrogens (tertiary/aromatic N) is 1. The third-order valence-corrected chi connectivity index (χ3v) is 5.45. The number of benzene rings is 3. The lowest BCUT2D eigenvalue weighted by Gasteiger charge is -2.13. The third kappa shape index (κ3) is 8.02. The lowest BCUT2D eigenvalue weighted by Crippen LogP contribution is -2.17. The highest BCUT2D eigenvalue weighted by Gasteiger charge is 2.12. The summed E-state index contributed by atoms with van der Waals surface area (Å²) in [6, 6.07) is 18.5. The number of rotatable bonds is 13. The minimum absolute atomic E-state index is 0.353. The van der Waals surface area contributed by atoms with Crippen LogP contribution in [0.3, 0.4) is 0 Å². The molecular weight excluding hydrogens is 524 g/mol. The Labute approximate surface area is 220 Å². The number of amides is 1. The number of halogens is 1. The van der Waals surface area contributed by atoms with Gasteiger partial charge in [0.25, 0.3) is 5.91 Å². The van der Waals surface area contributed by atoms with Crippen LogP contribution in [0, 0.1) is 0 Å². The molecule has 0 unspecified atom stereocenters. The van der Waals surface area contributed by atoms with Crippen molar-refractivity contribution in [3.63, 3.8) is 0 Å². The van der Waals surface area contributed by atoms with Gasteiger partial charge in [-0.3, -0.25) is 4.79 Å². The fourth-order valence-electron chi connectivity index (χ4n) is 3.21. The van der Waals surface area contributed by atoms with Crippen LogP contribution < -0.4 is 24.4 Å². The van der Waals surface area contributed by atoms with Gasteiger partial charge in [-0.25, -0.2) is 5.43 Å². The van der Waals surface area contributed by atoms with Gasteiger partial charge in [0.05, 0.1) is 26.0 Å². The fourth-order valence-corrected chi connectivity index (χ4v) is 3.48. The van der Waals surface area contributed by atoms with E-state index in [4.69, 9.17) is 18.9 Å². The van der Waals surface area contributed by atoms with Crippen molar-refractivity contribution in [1.82, 2.24) is 5.43 Å². The Kier molecular flexibility index (Phi) is 10.6. The van der Waals surface area contributed by atoms with Crippen LogP contribution in [-0.2, 0) is 6.61 Å². The number of nitrogens with one attached hydrogen (secondary N) is 1.